The van der Waals surface area contributed by atoms with Crippen molar-refractivity contribution in [1.82, 2.24) is 0 Å². The van der Waals surface area contributed by atoms with Crippen LogP contribution in [0.2, 0.25) is 0 Å². The third kappa shape index (κ3) is 2.63. The van der Waals surface area contributed by atoms with Gasteiger partial charge in [-0.2, -0.15) is 0 Å². The molecule has 18 heavy (non-hydrogen) atoms. The third-order valence-electron chi connectivity index (χ3n) is 2.48. The first-order valence-electron chi connectivity index (χ1n) is 5.54. The van der Waals surface area contributed by atoms with E-state index in [1.165, 1.54) is 6.92 Å². The number of aldehydes is 1. The molecule has 0 aliphatic heterocycles. The van der Waals surface area contributed by atoms with Gasteiger partial charge in [0.2, 0.25) is 0 Å². The topological polar surface area (TPSA) is 43.4 Å². The molecule has 0 heterocycles. The number of hydrogen-bond donors (Lipinski definition) is 0. The molecular formula is C15H12O3. The Kier molecular flexibility index (Phi) is 3.53. The van der Waals surface area contributed by atoms with Crippen molar-refractivity contribution in [3.8, 4) is 16.9 Å². The largest absolute Gasteiger partial charge is 0.426 e. The molecule has 2 aromatic carbocycles. The molecule has 0 fully saturated rings. The van der Waals surface area contributed by atoms with Gasteiger partial charge in [-0.25, -0.2) is 0 Å². The van der Waals surface area contributed by atoms with Crippen LogP contribution in [0.1, 0.15) is 17.3 Å². The Hall–Kier alpha value is -2.42. The molecule has 3 nitrogen and oxygen atoms in total. The quantitative estimate of drug-likeness (QED) is 0.470. The lowest BCUT2D eigenvalue weighted by molar-refractivity contribution is -0.131. The van der Waals surface area contributed by atoms with E-state index >= 15 is 0 Å². The van der Waals surface area contributed by atoms with Crippen LogP contribution in [-0.4, -0.2) is 12.3 Å². The first-order chi connectivity index (χ1) is 8.70. The lowest BCUT2D eigenvalue weighted by atomic mass is 10.0. The predicted molar refractivity (Wildman–Crippen MR) is 68.6 cm³/mol. The fourth-order valence-corrected chi connectivity index (χ4v) is 1.71. The van der Waals surface area contributed by atoms with Crippen molar-refractivity contribution in [3.05, 3.63) is 54.1 Å². The van der Waals surface area contributed by atoms with E-state index < -0.39 is 0 Å². The summed E-state index contributed by atoms with van der Waals surface area (Å²) in [6, 6.07) is 14.4. The van der Waals surface area contributed by atoms with Crippen LogP contribution in [0.15, 0.2) is 48.5 Å². The minimum Gasteiger partial charge on any atom is -0.426 e. The Bertz CT molecular complexity index is 574. The van der Waals surface area contributed by atoms with Crippen LogP contribution in [0.5, 0.6) is 5.75 Å². The standard InChI is InChI=1S/C15H12O3/c1-11(17)18-15-8-7-12(10-16)9-14(15)13-5-3-2-4-6-13/h2-10H,1H3. The minimum atomic E-state index is -0.383. The van der Waals surface area contributed by atoms with E-state index in [-0.39, 0.29) is 5.97 Å². The Morgan fingerprint density at radius 2 is 1.83 bits per heavy atom. The fourth-order valence-electron chi connectivity index (χ4n) is 1.71. The lowest BCUT2D eigenvalue weighted by Gasteiger charge is -2.09. The Balaban J connectivity index is 2.54. The van der Waals surface area contributed by atoms with Gasteiger partial charge in [-0.1, -0.05) is 30.3 Å². The number of esters is 1. The smallest absolute Gasteiger partial charge is 0.308 e. The summed E-state index contributed by atoms with van der Waals surface area (Å²) in [5, 5.41) is 0. The highest BCUT2D eigenvalue weighted by atomic mass is 16.5. The van der Waals surface area contributed by atoms with Crippen molar-refractivity contribution in [2.24, 2.45) is 0 Å². The van der Waals surface area contributed by atoms with Crippen molar-refractivity contribution in [2.45, 2.75) is 6.92 Å². The molecular weight excluding hydrogens is 228 g/mol. The van der Waals surface area contributed by atoms with Crippen LogP contribution in [0, 0.1) is 0 Å². The van der Waals surface area contributed by atoms with E-state index in [1.807, 2.05) is 30.3 Å². The van der Waals surface area contributed by atoms with Gasteiger partial charge in [-0.05, 0) is 23.8 Å². The Morgan fingerprint density at radius 1 is 1.11 bits per heavy atom. The number of hydrogen-bond acceptors (Lipinski definition) is 3. The second-order valence-electron chi connectivity index (χ2n) is 3.83. The van der Waals surface area contributed by atoms with E-state index in [0.29, 0.717) is 11.3 Å². The lowest BCUT2D eigenvalue weighted by Crippen LogP contribution is -2.03. The van der Waals surface area contributed by atoms with Crippen molar-refractivity contribution >= 4 is 12.3 Å². The molecule has 0 aromatic heterocycles. The van der Waals surface area contributed by atoms with Gasteiger partial charge < -0.3 is 4.74 Å². The highest BCUT2D eigenvalue weighted by molar-refractivity contribution is 5.83. The van der Waals surface area contributed by atoms with Crippen LogP contribution < -0.4 is 4.74 Å². The zero-order valence-corrected chi connectivity index (χ0v) is 9.92. The molecule has 0 amide bonds. The molecule has 0 N–H and O–H groups in total. The number of carbonyl (C=O) groups is 2. The zero-order chi connectivity index (χ0) is 13.0. The Morgan fingerprint density at radius 3 is 2.44 bits per heavy atom. The molecule has 0 unspecified atom stereocenters. The highest BCUT2D eigenvalue weighted by Gasteiger charge is 2.09. The highest BCUT2D eigenvalue weighted by Crippen LogP contribution is 2.30. The van der Waals surface area contributed by atoms with Gasteiger partial charge in [0, 0.05) is 18.1 Å². The summed E-state index contributed by atoms with van der Waals surface area (Å²) >= 11 is 0. The average molecular weight is 240 g/mol. The normalized spacial score (nSPS) is 9.83. The molecule has 2 aromatic rings. The van der Waals surface area contributed by atoms with Crippen molar-refractivity contribution in [3.63, 3.8) is 0 Å². The van der Waals surface area contributed by atoms with Crippen molar-refractivity contribution < 1.29 is 14.3 Å². The van der Waals surface area contributed by atoms with Gasteiger partial charge in [-0.3, -0.25) is 9.59 Å². The molecule has 3 heteroatoms. The molecule has 0 spiro atoms. The van der Waals surface area contributed by atoms with Gasteiger partial charge in [0.15, 0.2) is 0 Å². The van der Waals surface area contributed by atoms with Crippen LogP contribution in [0.25, 0.3) is 11.1 Å². The average Bonchev–Trinajstić information content (AvgIpc) is 2.39. The summed E-state index contributed by atoms with van der Waals surface area (Å²) < 4.78 is 5.14. The van der Waals surface area contributed by atoms with Crippen molar-refractivity contribution in [2.75, 3.05) is 0 Å². The molecule has 0 saturated heterocycles. The van der Waals surface area contributed by atoms with Crippen LogP contribution in [0.3, 0.4) is 0 Å². The summed E-state index contributed by atoms with van der Waals surface area (Å²) in [4.78, 5) is 21.9. The summed E-state index contributed by atoms with van der Waals surface area (Å²) in [7, 11) is 0. The van der Waals surface area contributed by atoms with E-state index in [4.69, 9.17) is 4.74 Å². The van der Waals surface area contributed by atoms with E-state index in [9.17, 15) is 9.59 Å². The van der Waals surface area contributed by atoms with Gasteiger partial charge in [0.05, 0.1) is 0 Å². The molecule has 0 aliphatic rings. The van der Waals surface area contributed by atoms with E-state index in [2.05, 4.69) is 0 Å². The maximum absolute atomic E-state index is 11.1. The maximum Gasteiger partial charge on any atom is 0.308 e. The summed E-state index contributed by atoms with van der Waals surface area (Å²) in [5.74, 6) is 0.0744. The fraction of sp³-hybridized carbons (Fsp3) is 0.0667. The molecule has 90 valence electrons. The summed E-state index contributed by atoms with van der Waals surface area (Å²) in [5.41, 5.74) is 2.18. The predicted octanol–water partition coefficient (Wildman–Crippen LogP) is 3.09. The number of ether oxygens (including phenoxy) is 1. The zero-order valence-electron chi connectivity index (χ0n) is 9.92. The monoisotopic (exact) mass is 240 g/mol. The van der Waals surface area contributed by atoms with E-state index in [0.717, 1.165) is 17.4 Å². The molecule has 0 saturated carbocycles. The first-order valence-corrected chi connectivity index (χ1v) is 5.54. The number of rotatable bonds is 3. The van der Waals surface area contributed by atoms with E-state index in [1.54, 1.807) is 18.2 Å². The molecule has 0 radical (unpaired) electrons. The SMILES string of the molecule is CC(=O)Oc1ccc(C=O)cc1-c1ccccc1. The van der Waals surface area contributed by atoms with Crippen LogP contribution in [0.4, 0.5) is 0 Å². The van der Waals surface area contributed by atoms with Gasteiger partial charge in [-0.15, -0.1) is 0 Å². The second kappa shape index (κ2) is 5.27. The molecule has 2 rings (SSSR count). The van der Waals surface area contributed by atoms with Crippen LogP contribution >= 0.6 is 0 Å². The summed E-state index contributed by atoms with van der Waals surface area (Å²) in [6.07, 6.45) is 0.768. The summed E-state index contributed by atoms with van der Waals surface area (Å²) in [6.45, 7) is 1.35. The first kappa shape index (κ1) is 12.0. The molecule has 0 bridgehead atoms. The maximum atomic E-state index is 11.1. The molecule has 0 atom stereocenters. The minimum absolute atomic E-state index is 0.383. The van der Waals surface area contributed by atoms with Gasteiger partial charge in [0.25, 0.3) is 0 Å². The molecule has 0 aliphatic carbocycles. The second-order valence-corrected chi connectivity index (χ2v) is 3.83. The third-order valence-corrected chi connectivity index (χ3v) is 2.48. The van der Waals surface area contributed by atoms with Crippen molar-refractivity contribution in [1.29, 1.82) is 0 Å². The van der Waals surface area contributed by atoms with Crippen LogP contribution in [-0.2, 0) is 4.79 Å². The number of benzene rings is 2. The van der Waals surface area contributed by atoms with Gasteiger partial charge in [0.1, 0.15) is 12.0 Å². The number of carbonyl (C=O) groups excluding carboxylic acids is 2. The van der Waals surface area contributed by atoms with Gasteiger partial charge >= 0.3 is 5.97 Å². The Labute approximate surface area is 105 Å².